The number of aromatic amines is 1. The Morgan fingerprint density at radius 1 is 1.08 bits per heavy atom. The molecular formula is C29H32N6O3. The SMILES string of the molecule is CNc1ccc(-c2[nH]c3ncc(C(=O)OC(C)C)cc3c2-c2ccc(C)c(NC(=O)/C=N/N(C)C)c2)cc1. The van der Waals surface area contributed by atoms with Gasteiger partial charge in [-0.05, 0) is 61.7 Å². The summed E-state index contributed by atoms with van der Waals surface area (Å²) in [6, 6.07) is 15.7. The second-order valence-corrected chi connectivity index (χ2v) is 9.39. The van der Waals surface area contributed by atoms with Crippen molar-refractivity contribution < 1.29 is 14.3 Å². The normalized spacial score (nSPS) is 11.2. The van der Waals surface area contributed by atoms with Crippen LogP contribution in [0.2, 0.25) is 0 Å². The highest BCUT2D eigenvalue weighted by Gasteiger charge is 2.20. The number of aromatic nitrogens is 2. The number of amides is 1. The molecule has 9 heteroatoms. The molecule has 0 aliphatic carbocycles. The van der Waals surface area contributed by atoms with Crippen molar-refractivity contribution in [3.05, 3.63) is 65.9 Å². The fourth-order valence-corrected chi connectivity index (χ4v) is 4.03. The van der Waals surface area contributed by atoms with Gasteiger partial charge in [-0.3, -0.25) is 4.79 Å². The molecule has 3 N–H and O–H groups in total. The molecule has 2 aromatic heterocycles. The third-order valence-electron chi connectivity index (χ3n) is 5.88. The molecule has 9 nitrogen and oxygen atoms in total. The first-order valence-corrected chi connectivity index (χ1v) is 12.3. The highest BCUT2D eigenvalue weighted by molar-refractivity contribution is 6.31. The Hall–Kier alpha value is -4.66. The Balaban J connectivity index is 1.88. The molecule has 0 aliphatic heterocycles. The summed E-state index contributed by atoms with van der Waals surface area (Å²) in [7, 11) is 5.36. The number of esters is 1. The first-order valence-electron chi connectivity index (χ1n) is 12.3. The summed E-state index contributed by atoms with van der Waals surface area (Å²) in [6.45, 7) is 5.55. The number of carbonyl (C=O) groups is 2. The van der Waals surface area contributed by atoms with Gasteiger partial charge in [-0.25, -0.2) is 9.78 Å². The molecule has 0 spiro atoms. The Labute approximate surface area is 221 Å². The molecule has 2 aromatic carbocycles. The minimum absolute atomic E-state index is 0.246. The van der Waals surface area contributed by atoms with Crippen molar-refractivity contribution in [2.45, 2.75) is 26.9 Å². The molecule has 4 aromatic rings. The van der Waals surface area contributed by atoms with Crippen LogP contribution in [0.15, 0.2) is 59.8 Å². The molecule has 0 saturated heterocycles. The molecule has 0 atom stereocenters. The van der Waals surface area contributed by atoms with Crippen LogP contribution in [0.3, 0.4) is 0 Å². The second kappa shape index (κ2) is 11.2. The van der Waals surface area contributed by atoms with Crippen molar-refractivity contribution in [2.24, 2.45) is 5.10 Å². The van der Waals surface area contributed by atoms with Gasteiger partial charge in [-0.15, -0.1) is 0 Å². The van der Waals surface area contributed by atoms with E-state index in [0.717, 1.165) is 39.0 Å². The Kier molecular flexibility index (Phi) is 7.76. The number of rotatable bonds is 8. The average molecular weight is 513 g/mol. The summed E-state index contributed by atoms with van der Waals surface area (Å²) in [5.41, 5.74) is 7.07. The summed E-state index contributed by atoms with van der Waals surface area (Å²) in [5, 5.41) is 12.4. The molecule has 0 unspecified atom stereocenters. The van der Waals surface area contributed by atoms with Crippen molar-refractivity contribution in [3.8, 4) is 22.4 Å². The molecule has 1 amide bonds. The van der Waals surface area contributed by atoms with Gasteiger partial charge < -0.3 is 25.4 Å². The van der Waals surface area contributed by atoms with Gasteiger partial charge in [-0.2, -0.15) is 5.10 Å². The highest BCUT2D eigenvalue weighted by Crippen LogP contribution is 2.39. The van der Waals surface area contributed by atoms with Gasteiger partial charge in [0.25, 0.3) is 5.91 Å². The van der Waals surface area contributed by atoms with Gasteiger partial charge in [0.2, 0.25) is 0 Å². The Morgan fingerprint density at radius 3 is 2.45 bits per heavy atom. The lowest BCUT2D eigenvalue weighted by atomic mass is 9.96. The van der Waals surface area contributed by atoms with Crippen LogP contribution in [0.4, 0.5) is 11.4 Å². The number of carbonyl (C=O) groups excluding carboxylic acids is 2. The number of H-pyrrole nitrogens is 1. The fraction of sp³-hybridized carbons (Fsp3) is 0.241. The fourth-order valence-electron chi connectivity index (χ4n) is 4.03. The number of hydrazone groups is 1. The number of fused-ring (bicyclic) bond motifs is 1. The van der Waals surface area contributed by atoms with Gasteiger partial charge in [0.15, 0.2) is 0 Å². The summed E-state index contributed by atoms with van der Waals surface area (Å²) in [6.07, 6.45) is 2.51. The van der Waals surface area contributed by atoms with Crippen LogP contribution in [-0.4, -0.2) is 60.3 Å². The quantitative estimate of drug-likeness (QED) is 0.168. The van der Waals surface area contributed by atoms with Crippen LogP contribution in [-0.2, 0) is 9.53 Å². The van der Waals surface area contributed by atoms with Gasteiger partial charge in [0, 0.05) is 49.7 Å². The summed E-state index contributed by atoms with van der Waals surface area (Å²) in [4.78, 5) is 33.1. The third kappa shape index (κ3) is 5.83. The van der Waals surface area contributed by atoms with Crippen LogP contribution < -0.4 is 10.6 Å². The predicted molar refractivity (Wildman–Crippen MR) is 153 cm³/mol. The van der Waals surface area contributed by atoms with Crippen LogP contribution in [0.25, 0.3) is 33.4 Å². The van der Waals surface area contributed by atoms with E-state index < -0.39 is 5.97 Å². The largest absolute Gasteiger partial charge is 0.459 e. The topological polar surface area (TPSA) is 112 Å². The number of pyridine rings is 1. The van der Waals surface area contributed by atoms with E-state index in [9.17, 15) is 9.59 Å². The van der Waals surface area contributed by atoms with E-state index in [2.05, 4.69) is 25.7 Å². The van der Waals surface area contributed by atoms with Crippen molar-refractivity contribution in [3.63, 3.8) is 0 Å². The minimum Gasteiger partial charge on any atom is -0.459 e. The maximum absolute atomic E-state index is 12.7. The molecule has 0 radical (unpaired) electrons. The first-order chi connectivity index (χ1) is 18.2. The van der Waals surface area contributed by atoms with Crippen LogP contribution in [0.1, 0.15) is 29.8 Å². The first kappa shape index (κ1) is 26.4. The smallest absolute Gasteiger partial charge is 0.339 e. The number of benzene rings is 2. The number of anilines is 2. The van der Waals surface area contributed by atoms with E-state index in [1.807, 2.05) is 70.3 Å². The number of hydrogen-bond donors (Lipinski definition) is 3. The standard InChI is InChI=1S/C29H32N6O3/c1-17(2)38-29(37)21-13-23-26(20-8-7-18(3)24(14-20)33-25(36)16-32-35(5)6)27(34-28(23)31-15-21)19-9-11-22(30-4)12-10-19/h7-17,30H,1-6H3,(H,31,34)(H,33,36)/b32-16+. The molecule has 0 fully saturated rings. The van der Waals surface area contributed by atoms with E-state index in [4.69, 9.17) is 4.74 Å². The molecular weight excluding hydrogens is 480 g/mol. The number of nitrogens with one attached hydrogen (secondary N) is 3. The van der Waals surface area contributed by atoms with Crippen molar-refractivity contribution in [1.29, 1.82) is 0 Å². The van der Waals surface area contributed by atoms with Crippen LogP contribution >= 0.6 is 0 Å². The van der Waals surface area contributed by atoms with Crippen molar-refractivity contribution in [1.82, 2.24) is 15.0 Å². The molecule has 196 valence electrons. The van der Waals surface area contributed by atoms with E-state index >= 15 is 0 Å². The molecule has 0 saturated carbocycles. The third-order valence-corrected chi connectivity index (χ3v) is 5.88. The summed E-state index contributed by atoms with van der Waals surface area (Å²) < 4.78 is 5.41. The zero-order valence-electron chi connectivity index (χ0n) is 22.4. The highest BCUT2D eigenvalue weighted by atomic mass is 16.5. The zero-order valence-corrected chi connectivity index (χ0v) is 22.4. The lowest BCUT2D eigenvalue weighted by Crippen LogP contribution is -2.16. The molecule has 2 heterocycles. The molecule has 0 aliphatic rings. The van der Waals surface area contributed by atoms with Crippen LogP contribution in [0.5, 0.6) is 0 Å². The van der Waals surface area contributed by atoms with Crippen molar-refractivity contribution in [2.75, 3.05) is 31.8 Å². The van der Waals surface area contributed by atoms with E-state index in [-0.39, 0.29) is 12.0 Å². The molecule has 0 bridgehead atoms. The monoisotopic (exact) mass is 512 g/mol. The van der Waals surface area contributed by atoms with E-state index in [0.29, 0.717) is 16.9 Å². The molecule has 38 heavy (non-hydrogen) atoms. The minimum atomic E-state index is -0.432. The van der Waals surface area contributed by atoms with Gasteiger partial charge in [0.05, 0.1) is 17.4 Å². The lowest BCUT2D eigenvalue weighted by molar-refractivity contribution is -0.110. The zero-order chi connectivity index (χ0) is 27.4. The number of ether oxygens (including phenoxy) is 1. The van der Waals surface area contributed by atoms with E-state index in [1.165, 1.54) is 12.4 Å². The van der Waals surface area contributed by atoms with Crippen LogP contribution in [0, 0.1) is 6.92 Å². The van der Waals surface area contributed by atoms with E-state index in [1.54, 1.807) is 25.2 Å². The number of nitrogens with zero attached hydrogens (tertiary/aromatic N) is 3. The summed E-state index contributed by atoms with van der Waals surface area (Å²) >= 11 is 0. The summed E-state index contributed by atoms with van der Waals surface area (Å²) in [5.74, 6) is -0.764. The number of aryl methyl sites for hydroxylation is 1. The Morgan fingerprint density at radius 2 is 1.79 bits per heavy atom. The van der Waals surface area contributed by atoms with Crippen molar-refractivity contribution >= 4 is 40.5 Å². The maximum atomic E-state index is 12.7. The second-order valence-electron chi connectivity index (χ2n) is 9.39. The lowest BCUT2D eigenvalue weighted by Gasteiger charge is -2.12. The Bertz CT molecular complexity index is 1500. The predicted octanol–water partition coefficient (Wildman–Crippen LogP) is 5.30. The van der Waals surface area contributed by atoms with Gasteiger partial charge in [-0.1, -0.05) is 24.3 Å². The van der Waals surface area contributed by atoms with Gasteiger partial charge >= 0.3 is 5.97 Å². The molecule has 4 rings (SSSR count). The van der Waals surface area contributed by atoms with Gasteiger partial charge in [0.1, 0.15) is 11.9 Å². The average Bonchev–Trinajstić information content (AvgIpc) is 3.27. The maximum Gasteiger partial charge on any atom is 0.339 e. The number of hydrogen-bond acceptors (Lipinski definition) is 7.